The summed E-state index contributed by atoms with van der Waals surface area (Å²) in [7, 11) is 0. The number of rotatable bonds is 15. The van der Waals surface area contributed by atoms with E-state index in [4.69, 9.17) is 0 Å². The average Bonchev–Trinajstić information content (AvgIpc) is 2.93. The number of benzene rings is 3. The van der Waals surface area contributed by atoms with Gasteiger partial charge in [-0.3, -0.25) is 0 Å². The van der Waals surface area contributed by atoms with Crippen LogP contribution in [-0.4, -0.2) is 23.4 Å². The Labute approximate surface area is 219 Å². The summed E-state index contributed by atoms with van der Waals surface area (Å²) >= 11 is 0. The zero-order valence-corrected chi connectivity index (χ0v) is 22.7. The van der Waals surface area contributed by atoms with Gasteiger partial charge in [0, 0.05) is 19.1 Å². The molecule has 1 atom stereocenters. The van der Waals surface area contributed by atoms with Crippen LogP contribution in [0.3, 0.4) is 0 Å². The standard InChI is InChI=1S/C34H46O2/c1-4-7-9-26(5-2)22-28-14-16-31(17-15-28)33-20-21-34(30(6-3)23-33)32-18-12-27(13-19-32)10-8-11-29(24-35)25-36/h12-21,23,26,29,35-36H,4-11,22,24-25H2,1-3H3. The maximum absolute atomic E-state index is 9.25. The van der Waals surface area contributed by atoms with Crippen molar-refractivity contribution < 1.29 is 10.2 Å². The first kappa shape index (κ1) is 28.2. The number of aryl methyl sites for hydroxylation is 2. The number of unbranched alkanes of at least 4 members (excludes halogenated alkanes) is 1. The predicted octanol–water partition coefficient (Wildman–Crippen LogP) is 8.27. The van der Waals surface area contributed by atoms with Gasteiger partial charge in [-0.2, -0.15) is 0 Å². The van der Waals surface area contributed by atoms with Crippen LogP contribution < -0.4 is 0 Å². The second-order valence-electron chi connectivity index (χ2n) is 10.4. The van der Waals surface area contributed by atoms with E-state index in [1.165, 1.54) is 71.0 Å². The van der Waals surface area contributed by atoms with Crippen molar-refractivity contribution >= 4 is 0 Å². The van der Waals surface area contributed by atoms with E-state index < -0.39 is 0 Å². The molecule has 0 aromatic heterocycles. The zero-order valence-electron chi connectivity index (χ0n) is 22.7. The van der Waals surface area contributed by atoms with Crippen LogP contribution in [0.15, 0.2) is 66.7 Å². The van der Waals surface area contributed by atoms with E-state index in [2.05, 4.69) is 87.5 Å². The van der Waals surface area contributed by atoms with Crippen molar-refractivity contribution in [3.05, 3.63) is 83.4 Å². The van der Waals surface area contributed by atoms with Crippen LogP contribution in [0.25, 0.3) is 22.3 Å². The maximum atomic E-state index is 9.25. The van der Waals surface area contributed by atoms with Gasteiger partial charge in [0.1, 0.15) is 0 Å². The van der Waals surface area contributed by atoms with Crippen molar-refractivity contribution in [1.29, 1.82) is 0 Å². The van der Waals surface area contributed by atoms with Gasteiger partial charge in [0.2, 0.25) is 0 Å². The fraction of sp³-hybridized carbons (Fsp3) is 0.471. The molecule has 36 heavy (non-hydrogen) atoms. The van der Waals surface area contributed by atoms with E-state index in [-0.39, 0.29) is 19.1 Å². The lowest BCUT2D eigenvalue weighted by Gasteiger charge is -2.15. The average molecular weight is 487 g/mol. The largest absolute Gasteiger partial charge is 0.396 e. The molecular formula is C34H46O2. The summed E-state index contributed by atoms with van der Waals surface area (Å²) in [4.78, 5) is 0. The molecule has 2 heteroatoms. The minimum absolute atomic E-state index is 0.00477. The molecule has 0 bridgehead atoms. The van der Waals surface area contributed by atoms with Crippen molar-refractivity contribution in [1.82, 2.24) is 0 Å². The summed E-state index contributed by atoms with van der Waals surface area (Å²) in [6, 6.07) is 25.0. The quantitative estimate of drug-likeness (QED) is 0.227. The van der Waals surface area contributed by atoms with Gasteiger partial charge >= 0.3 is 0 Å². The van der Waals surface area contributed by atoms with Gasteiger partial charge in [0.25, 0.3) is 0 Å². The number of aliphatic hydroxyl groups excluding tert-OH is 2. The Kier molecular flexibility index (Phi) is 11.7. The molecule has 194 valence electrons. The molecule has 0 heterocycles. The number of hydrogen-bond acceptors (Lipinski definition) is 2. The van der Waals surface area contributed by atoms with Gasteiger partial charge in [0.05, 0.1) is 0 Å². The lowest BCUT2D eigenvalue weighted by molar-refractivity contribution is 0.142. The van der Waals surface area contributed by atoms with Crippen LogP contribution in [0.2, 0.25) is 0 Å². The predicted molar refractivity (Wildman–Crippen MR) is 154 cm³/mol. The molecule has 0 aliphatic heterocycles. The fourth-order valence-electron chi connectivity index (χ4n) is 5.14. The first-order valence-corrected chi connectivity index (χ1v) is 14.1. The van der Waals surface area contributed by atoms with Gasteiger partial charge in [-0.25, -0.2) is 0 Å². The van der Waals surface area contributed by atoms with E-state index >= 15 is 0 Å². The third-order valence-corrected chi connectivity index (χ3v) is 7.70. The smallest absolute Gasteiger partial charge is 0.0481 e. The van der Waals surface area contributed by atoms with Crippen LogP contribution in [0, 0.1) is 11.8 Å². The van der Waals surface area contributed by atoms with Crippen LogP contribution >= 0.6 is 0 Å². The molecule has 3 rings (SSSR count). The summed E-state index contributed by atoms with van der Waals surface area (Å²) in [6.07, 6.45) is 10.2. The Morgan fingerprint density at radius 1 is 0.639 bits per heavy atom. The third-order valence-electron chi connectivity index (χ3n) is 7.70. The minimum atomic E-state index is 0.00477. The van der Waals surface area contributed by atoms with Crippen molar-refractivity contribution in [3.8, 4) is 22.3 Å². The van der Waals surface area contributed by atoms with Crippen LogP contribution in [0.1, 0.15) is 76.0 Å². The maximum Gasteiger partial charge on any atom is 0.0481 e. The molecule has 0 aliphatic carbocycles. The summed E-state index contributed by atoms with van der Waals surface area (Å²) in [6.45, 7) is 6.97. The van der Waals surface area contributed by atoms with E-state index in [1.807, 2.05) is 0 Å². The fourth-order valence-corrected chi connectivity index (χ4v) is 5.14. The normalized spacial score (nSPS) is 12.3. The summed E-state index contributed by atoms with van der Waals surface area (Å²) in [5, 5.41) is 18.5. The van der Waals surface area contributed by atoms with Crippen molar-refractivity contribution in [2.45, 2.75) is 78.6 Å². The number of aliphatic hydroxyl groups is 2. The Hall–Kier alpha value is -2.42. The van der Waals surface area contributed by atoms with Gasteiger partial charge in [0.15, 0.2) is 0 Å². The molecular weight excluding hydrogens is 440 g/mol. The highest BCUT2D eigenvalue weighted by Crippen LogP contribution is 2.30. The molecule has 0 amide bonds. The molecule has 0 saturated heterocycles. The molecule has 0 fully saturated rings. The summed E-state index contributed by atoms with van der Waals surface area (Å²) < 4.78 is 0. The Morgan fingerprint density at radius 3 is 1.86 bits per heavy atom. The van der Waals surface area contributed by atoms with E-state index in [1.54, 1.807) is 0 Å². The number of hydrogen-bond donors (Lipinski definition) is 2. The van der Waals surface area contributed by atoms with E-state index in [0.29, 0.717) is 0 Å². The van der Waals surface area contributed by atoms with Crippen molar-refractivity contribution in [2.24, 2.45) is 11.8 Å². The first-order chi connectivity index (χ1) is 17.6. The van der Waals surface area contributed by atoms with Gasteiger partial charge in [-0.1, -0.05) is 113 Å². The monoisotopic (exact) mass is 486 g/mol. The van der Waals surface area contributed by atoms with Crippen molar-refractivity contribution in [3.63, 3.8) is 0 Å². The highest BCUT2D eigenvalue weighted by atomic mass is 16.3. The molecule has 0 spiro atoms. The second kappa shape index (κ2) is 15.0. The highest BCUT2D eigenvalue weighted by Gasteiger charge is 2.10. The molecule has 1 unspecified atom stereocenters. The minimum Gasteiger partial charge on any atom is -0.396 e. The zero-order chi connectivity index (χ0) is 25.8. The summed E-state index contributed by atoms with van der Waals surface area (Å²) in [5.74, 6) is 0.802. The highest BCUT2D eigenvalue weighted by molar-refractivity contribution is 5.74. The Morgan fingerprint density at radius 2 is 1.25 bits per heavy atom. The van der Waals surface area contributed by atoms with Crippen LogP contribution in [-0.2, 0) is 19.3 Å². The van der Waals surface area contributed by atoms with Gasteiger partial charge in [-0.05, 0) is 77.0 Å². The molecule has 3 aromatic carbocycles. The molecule has 2 nitrogen and oxygen atoms in total. The van der Waals surface area contributed by atoms with Crippen LogP contribution in [0.4, 0.5) is 0 Å². The molecule has 0 radical (unpaired) electrons. The lowest BCUT2D eigenvalue weighted by atomic mass is 9.90. The molecule has 0 aliphatic rings. The Balaban J connectivity index is 1.67. The third kappa shape index (κ3) is 8.05. The lowest BCUT2D eigenvalue weighted by Crippen LogP contribution is -2.10. The van der Waals surface area contributed by atoms with Gasteiger partial charge < -0.3 is 10.2 Å². The molecule has 0 saturated carbocycles. The Bertz CT molecular complexity index is 1020. The SMILES string of the molecule is CCCCC(CC)Cc1ccc(-c2ccc(-c3ccc(CCCC(CO)CO)cc3)c(CC)c2)cc1. The molecule has 2 N–H and O–H groups in total. The second-order valence-corrected chi connectivity index (χ2v) is 10.4. The van der Waals surface area contributed by atoms with E-state index in [0.717, 1.165) is 31.6 Å². The van der Waals surface area contributed by atoms with Crippen LogP contribution in [0.5, 0.6) is 0 Å². The first-order valence-electron chi connectivity index (χ1n) is 14.1. The summed E-state index contributed by atoms with van der Waals surface area (Å²) in [5.41, 5.74) is 9.30. The van der Waals surface area contributed by atoms with Gasteiger partial charge in [-0.15, -0.1) is 0 Å². The topological polar surface area (TPSA) is 40.5 Å². The van der Waals surface area contributed by atoms with E-state index in [9.17, 15) is 10.2 Å². The molecule has 3 aromatic rings. The van der Waals surface area contributed by atoms with Crippen molar-refractivity contribution in [2.75, 3.05) is 13.2 Å².